The quantitative estimate of drug-likeness (QED) is 0.641. The van der Waals surface area contributed by atoms with Crippen LogP contribution in [-0.4, -0.2) is 29.3 Å². The first kappa shape index (κ1) is 17.0. The third-order valence-electron chi connectivity index (χ3n) is 3.26. The number of aliphatic carboxylic acids is 1. The van der Waals surface area contributed by atoms with E-state index in [4.69, 9.17) is 9.84 Å². The van der Waals surface area contributed by atoms with Gasteiger partial charge in [-0.2, -0.15) is 0 Å². The second kappa shape index (κ2) is 7.69. The molecule has 0 bridgehead atoms. The molecule has 3 N–H and O–H groups in total. The van der Waals surface area contributed by atoms with Crippen LogP contribution in [0.2, 0.25) is 0 Å². The maximum Gasteiger partial charge on any atom is 0.320 e. The van der Waals surface area contributed by atoms with Crippen molar-refractivity contribution in [3.8, 4) is 11.5 Å². The molecule has 0 amide bonds. The smallest absolute Gasteiger partial charge is 0.320 e. The van der Waals surface area contributed by atoms with Crippen LogP contribution in [0, 0.1) is 5.92 Å². The van der Waals surface area contributed by atoms with Gasteiger partial charge < -0.3 is 20.3 Å². The Labute approximate surface area is 125 Å². The summed E-state index contributed by atoms with van der Waals surface area (Å²) in [4.78, 5) is 11.2. The van der Waals surface area contributed by atoms with Crippen LogP contribution in [0.5, 0.6) is 11.5 Å². The Kier molecular flexibility index (Phi) is 6.24. The molecular weight excluding hydrogens is 270 g/mol. The number of carboxylic acids is 1. The van der Waals surface area contributed by atoms with E-state index < -0.39 is 12.0 Å². The highest BCUT2D eigenvalue weighted by atomic mass is 16.5. The number of rotatable bonds is 8. The molecule has 0 radical (unpaired) electrons. The Morgan fingerprint density at radius 3 is 2.62 bits per heavy atom. The monoisotopic (exact) mass is 293 g/mol. The fourth-order valence-electron chi connectivity index (χ4n) is 2.13. The van der Waals surface area contributed by atoms with Crippen LogP contribution >= 0.6 is 0 Å². The largest absolute Gasteiger partial charge is 0.504 e. The first-order chi connectivity index (χ1) is 9.90. The predicted molar refractivity (Wildman–Crippen MR) is 81.7 cm³/mol. The normalized spacial score (nSPS) is 12.2. The summed E-state index contributed by atoms with van der Waals surface area (Å²) in [6, 6.07) is 2.91. The summed E-state index contributed by atoms with van der Waals surface area (Å²) in [5.74, 6) is -0.418. The molecule has 5 nitrogen and oxygen atoms in total. The minimum Gasteiger partial charge on any atom is -0.504 e. The lowest BCUT2D eigenvalue weighted by atomic mass is 10.0. The van der Waals surface area contributed by atoms with Crippen LogP contribution in [0.3, 0.4) is 0 Å². The molecule has 0 heterocycles. The van der Waals surface area contributed by atoms with Crippen LogP contribution in [0.4, 0.5) is 0 Å². The molecule has 0 unspecified atom stereocenters. The molecule has 1 aromatic carbocycles. The SMILES string of the molecule is C=CCc1cc(CN[C@H](C(=O)O)C(C)C)cc(OC)c1O. The van der Waals surface area contributed by atoms with E-state index in [0.29, 0.717) is 24.3 Å². The summed E-state index contributed by atoms with van der Waals surface area (Å²) in [6.07, 6.45) is 2.21. The predicted octanol–water partition coefficient (Wildman–Crippen LogP) is 2.33. The minimum atomic E-state index is -0.873. The van der Waals surface area contributed by atoms with Gasteiger partial charge in [0.05, 0.1) is 7.11 Å². The summed E-state index contributed by atoms with van der Waals surface area (Å²) in [6.45, 7) is 7.75. The highest BCUT2D eigenvalue weighted by molar-refractivity contribution is 5.73. The van der Waals surface area contributed by atoms with Gasteiger partial charge in [-0.3, -0.25) is 4.79 Å². The van der Waals surface area contributed by atoms with E-state index in [-0.39, 0.29) is 11.7 Å². The van der Waals surface area contributed by atoms with E-state index >= 15 is 0 Å². The number of carbonyl (C=O) groups is 1. The van der Waals surface area contributed by atoms with Crippen molar-refractivity contribution in [1.29, 1.82) is 0 Å². The Balaban J connectivity index is 2.95. The van der Waals surface area contributed by atoms with Crippen molar-refractivity contribution < 1.29 is 19.7 Å². The topological polar surface area (TPSA) is 78.8 Å². The molecule has 0 aromatic heterocycles. The average molecular weight is 293 g/mol. The fourth-order valence-corrected chi connectivity index (χ4v) is 2.13. The number of benzene rings is 1. The van der Waals surface area contributed by atoms with Crippen molar-refractivity contribution in [3.05, 3.63) is 35.9 Å². The molecule has 1 aromatic rings. The molecule has 0 aliphatic rings. The maximum absolute atomic E-state index is 11.2. The fraction of sp³-hybridized carbons (Fsp3) is 0.438. The number of hydrogen-bond acceptors (Lipinski definition) is 4. The zero-order valence-electron chi connectivity index (χ0n) is 12.7. The Morgan fingerprint density at radius 2 is 2.14 bits per heavy atom. The first-order valence-corrected chi connectivity index (χ1v) is 6.86. The Bertz CT molecular complexity index is 511. The van der Waals surface area contributed by atoms with Crippen molar-refractivity contribution >= 4 is 5.97 Å². The van der Waals surface area contributed by atoms with Gasteiger partial charge in [0.2, 0.25) is 0 Å². The van der Waals surface area contributed by atoms with Gasteiger partial charge in [0, 0.05) is 12.1 Å². The second-order valence-electron chi connectivity index (χ2n) is 5.24. The van der Waals surface area contributed by atoms with Gasteiger partial charge in [-0.05, 0) is 24.0 Å². The lowest BCUT2D eigenvalue weighted by Gasteiger charge is -2.19. The van der Waals surface area contributed by atoms with Crippen LogP contribution in [-0.2, 0) is 17.8 Å². The van der Waals surface area contributed by atoms with Crippen molar-refractivity contribution in [2.75, 3.05) is 7.11 Å². The van der Waals surface area contributed by atoms with E-state index in [1.165, 1.54) is 7.11 Å². The van der Waals surface area contributed by atoms with Crippen LogP contribution in [0.1, 0.15) is 25.0 Å². The lowest BCUT2D eigenvalue weighted by molar-refractivity contribution is -0.140. The first-order valence-electron chi connectivity index (χ1n) is 6.86. The van der Waals surface area contributed by atoms with E-state index in [1.54, 1.807) is 12.1 Å². The molecule has 1 rings (SSSR count). The van der Waals surface area contributed by atoms with Gasteiger partial charge in [-0.25, -0.2) is 0 Å². The number of nitrogens with one attached hydrogen (secondary N) is 1. The zero-order valence-corrected chi connectivity index (χ0v) is 12.7. The number of ether oxygens (including phenoxy) is 1. The van der Waals surface area contributed by atoms with Gasteiger partial charge >= 0.3 is 5.97 Å². The van der Waals surface area contributed by atoms with Gasteiger partial charge in [-0.1, -0.05) is 26.0 Å². The van der Waals surface area contributed by atoms with Gasteiger partial charge in [0.1, 0.15) is 6.04 Å². The van der Waals surface area contributed by atoms with Gasteiger partial charge in [-0.15, -0.1) is 6.58 Å². The zero-order chi connectivity index (χ0) is 16.0. The molecule has 0 saturated carbocycles. The van der Waals surface area contributed by atoms with Crippen LogP contribution < -0.4 is 10.1 Å². The molecular formula is C16H23NO4. The number of phenolic OH excluding ortho intramolecular Hbond substituents is 1. The molecule has 116 valence electrons. The number of hydrogen-bond donors (Lipinski definition) is 3. The molecule has 0 saturated heterocycles. The molecule has 5 heteroatoms. The van der Waals surface area contributed by atoms with E-state index in [9.17, 15) is 9.90 Å². The molecule has 0 fully saturated rings. The minimum absolute atomic E-state index is 0.0193. The van der Waals surface area contributed by atoms with Crippen molar-refractivity contribution in [1.82, 2.24) is 5.32 Å². The average Bonchev–Trinajstić information content (AvgIpc) is 2.41. The maximum atomic E-state index is 11.2. The molecule has 0 spiro atoms. The number of carboxylic acid groups (broad SMARTS) is 1. The molecule has 21 heavy (non-hydrogen) atoms. The number of methoxy groups -OCH3 is 1. The van der Waals surface area contributed by atoms with E-state index in [0.717, 1.165) is 5.56 Å². The standard InChI is InChI=1S/C16H23NO4/c1-5-6-12-7-11(8-13(21-4)15(12)18)9-17-14(10(2)3)16(19)20/h5,7-8,10,14,17-18H,1,6,9H2,2-4H3,(H,19,20)/t14-/m0/s1. The van der Waals surface area contributed by atoms with Gasteiger partial charge in [0.15, 0.2) is 11.5 Å². The van der Waals surface area contributed by atoms with E-state index in [1.807, 2.05) is 19.9 Å². The van der Waals surface area contributed by atoms with E-state index in [2.05, 4.69) is 11.9 Å². The summed E-state index contributed by atoms with van der Waals surface area (Å²) in [7, 11) is 1.48. The molecule has 1 atom stereocenters. The highest BCUT2D eigenvalue weighted by Crippen LogP contribution is 2.32. The number of phenols is 1. The third kappa shape index (κ3) is 4.49. The van der Waals surface area contributed by atoms with Gasteiger partial charge in [0.25, 0.3) is 0 Å². The Morgan fingerprint density at radius 1 is 1.48 bits per heavy atom. The third-order valence-corrected chi connectivity index (χ3v) is 3.26. The molecule has 0 aliphatic heterocycles. The Hall–Kier alpha value is -2.01. The molecule has 0 aliphatic carbocycles. The van der Waals surface area contributed by atoms with Crippen molar-refractivity contribution in [2.45, 2.75) is 32.9 Å². The van der Waals surface area contributed by atoms with Crippen molar-refractivity contribution in [3.63, 3.8) is 0 Å². The lowest BCUT2D eigenvalue weighted by Crippen LogP contribution is -2.40. The van der Waals surface area contributed by atoms with Crippen molar-refractivity contribution in [2.24, 2.45) is 5.92 Å². The number of allylic oxidation sites excluding steroid dienone is 1. The second-order valence-corrected chi connectivity index (χ2v) is 5.24. The number of aromatic hydroxyl groups is 1. The summed E-state index contributed by atoms with van der Waals surface area (Å²) in [5.41, 5.74) is 1.56. The summed E-state index contributed by atoms with van der Waals surface area (Å²) < 4.78 is 5.15. The van der Waals surface area contributed by atoms with Crippen LogP contribution in [0.15, 0.2) is 24.8 Å². The summed E-state index contributed by atoms with van der Waals surface area (Å²) >= 11 is 0. The van der Waals surface area contributed by atoms with Crippen LogP contribution in [0.25, 0.3) is 0 Å². The summed E-state index contributed by atoms with van der Waals surface area (Å²) in [5, 5.41) is 22.2. The highest BCUT2D eigenvalue weighted by Gasteiger charge is 2.20.